The van der Waals surface area contributed by atoms with Gasteiger partial charge in [0.2, 0.25) is 0 Å². The van der Waals surface area contributed by atoms with E-state index in [0.717, 1.165) is 0 Å². The summed E-state index contributed by atoms with van der Waals surface area (Å²) in [5.74, 6) is 1.17. The van der Waals surface area contributed by atoms with Gasteiger partial charge in [0.05, 0.1) is 0 Å². The number of rotatable bonds is 2. The van der Waals surface area contributed by atoms with Gasteiger partial charge >= 0.3 is 0 Å². The highest BCUT2D eigenvalue weighted by molar-refractivity contribution is 5.13. The number of nitrogens with zero attached hydrogens (tertiary/aromatic N) is 3. The first-order valence-electron chi connectivity index (χ1n) is 4.65. The summed E-state index contributed by atoms with van der Waals surface area (Å²) in [5.41, 5.74) is -1.18. The fourth-order valence-corrected chi connectivity index (χ4v) is 1.43. The fraction of sp³-hybridized carbons (Fsp3) is 0.778. The van der Waals surface area contributed by atoms with E-state index >= 15 is 0 Å². The van der Waals surface area contributed by atoms with Crippen molar-refractivity contribution in [2.75, 3.05) is 0 Å². The van der Waals surface area contributed by atoms with E-state index in [0.29, 0.717) is 24.5 Å². The van der Waals surface area contributed by atoms with Gasteiger partial charge in [-0.05, 0) is 33.6 Å². The molecule has 4 heteroatoms. The Morgan fingerprint density at radius 1 is 1.46 bits per heavy atom. The Kier molecular flexibility index (Phi) is 1.68. The van der Waals surface area contributed by atoms with Crippen LogP contribution in [0.5, 0.6) is 0 Å². The molecule has 1 aliphatic carbocycles. The maximum absolute atomic E-state index is 13.7. The van der Waals surface area contributed by atoms with E-state index in [1.54, 1.807) is 11.6 Å². The predicted molar refractivity (Wildman–Crippen MR) is 47.2 cm³/mol. The van der Waals surface area contributed by atoms with Gasteiger partial charge < -0.3 is 0 Å². The quantitative estimate of drug-likeness (QED) is 0.703. The van der Waals surface area contributed by atoms with Gasteiger partial charge in [0, 0.05) is 6.04 Å². The molecule has 0 saturated heterocycles. The first kappa shape index (κ1) is 8.66. The van der Waals surface area contributed by atoms with E-state index in [1.807, 2.05) is 13.8 Å². The maximum Gasteiger partial charge on any atom is 0.170 e. The van der Waals surface area contributed by atoms with Crippen LogP contribution in [0.4, 0.5) is 4.39 Å². The zero-order valence-corrected chi connectivity index (χ0v) is 8.21. The minimum absolute atomic E-state index is 0.185. The lowest BCUT2D eigenvalue weighted by molar-refractivity contribution is 0.279. The summed E-state index contributed by atoms with van der Waals surface area (Å²) >= 11 is 0. The van der Waals surface area contributed by atoms with Crippen LogP contribution in [-0.2, 0) is 5.67 Å². The standard InChI is InChI=1S/C9H14FN3/c1-6(2)13-8(9(10)4-5-9)11-7(3)12-13/h6H,4-5H2,1-3H3. The average molecular weight is 183 g/mol. The van der Waals surface area contributed by atoms with Crippen LogP contribution in [-0.4, -0.2) is 14.8 Å². The normalized spacial score (nSPS) is 19.5. The second kappa shape index (κ2) is 2.53. The number of aromatic nitrogens is 3. The van der Waals surface area contributed by atoms with Crippen LogP contribution in [0.1, 0.15) is 44.4 Å². The van der Waals surface area contributed by atoms with E-state index in [2.05, 4.69) is 10.1 Å². The Labute approximate surface area is 77.0 Å². The van der Waals surface area contributed by atoms with Crippen LogP contribution in [0.3, 0.4) is 0 Å². The molecule has 1 aliphatic rings. The summed E-state index contributed by atoms with van der Waals surface area (Å²) in [5, 5.41) is 4.18. The van der Waals surface area contributed by atoms with Crippen molar-refractivity contribution in [2.45, 2.75) is 45.3 Å². The maximum atomic E-state index is 13.7. The smallest absolute Gasteiger partial charge is 0.170 e. The molecule has 0 N–H and O–H groups in total. The van der Waals surface area contributed by atoms with Gasteiger partial charge in [-0.2, -0.15) is 5.10 Å². The molecule has 0 radical (unpaired) electrons. The van der Waals surface area contributed by atoms with Crippen molar-refractivity contribution >= 4 is 0 Å². The fourth-order valence-electron chi connectivity index (χ4n) is 1.43. The summed E-state index contributed by atoms with van der Waals surface area (Å²) in [6.45, 7) is 5.78. The zero-order valence-electron chi connectivity index (χ0n) is 8.21. The van der Waals surface area contributed by atoms with Crippen LogP contribution >= 0.6 is 0 Å². The molecule has 3 nitrogen and oxygen atoms in total. The molecule has 72 valence electrons. The minimum Gasteiger partial charge on any atom is -0.244 e. The number of halogens is 1. The largest absolute Gasteiger partial charge is 0.244 e. The number of hydrogen-bond acceptors (Lipinski definition) is 2. The van der Waals surface area contributed by atoms with Crippen LogP contribution in [0.15, 0.2) is 0 Å². The third-order valence-electron chi connectivity index (χ3n) is 2.32. The van der Waals surface area contributed by atoms with Gasteiger partial charge in [-0.3, -0.25) is 0 Å². The second-order valence-corrected chi connectivity index (χ2v) is 3.99. The highest BCUT2D eigenvalue weighted by atomic mass is 19.1. The van der Waals surface area contributed by atoms with E-state index in [1.165, 1.54) is 0 Å². The highest BCUT2D eigenvalue weighted by Gasteiger charge is 2.49. The van der Waals surface area contributed by atoms with Crippen molar-refractivity contribution in [1.82, 2.24) is 14.8 Å². The second-order valence-electron chi connectivity index (χ2n) is 3.99. The third kappa shape index (κ3) is 1.34. The molecule has 1 heterocycles. The van der Waals surface area contributed by atoms with Crippen molar-refractivity contribution in [3.63, 3.8) is 0 Å². The number of aryl methyl sites for hydroxylation is 1. The zero-order chi connectivity index (χ0) is 9.64. The van der Waals surface area contributed by atoms with E-state index in [-0.39, 0.29) is 6.04 Å². The van der Waals surface area contributed by atoms with Gasteiger partial charge in [-0.1, -0.05) is 0 Å². The Balaban J connectivity index is 2.43. The molecule has 1 fully saturated rings. The molecule has 0 atom stereocenters. The monoisotopic (exact) mass is 183 g/mol. The molecular formula is C9H14FN3. The van der Waals surface area contributed by atoms with Crippen molar-refractivity contribution in [1.29, 1.82) is 0 Å². The molecular weight excluding hydrogens is 169 g/mol. The third-order valence-corrected chi connectivity index (χ3v) is 2.32. The van der Waals surface area contributed by atoms with E-state index in [4.69, 9.17) is 0 Å². The van der Waals surface area contributed by atoms with Crippen molar-refractivity contribution in [3.8, 4) is 0 Å². The lowest BCUT2D eigenvalue weighted by atomic mass is 10.3. The molecule has 0 aromatic carbocycles. The molecule has 1 saturated carbocycles. The van der Waals surface area contributed by atoms with Gasteiger partial charge in [0.15, 0.2) is 11.5 Å². The number of alkyl halides is 1. The first-order valence-corrected chi connectivity index (χ1v) is 4.65. The molecule has 0 aliphatic heterocycles. The highest BCUT2D eigenvalue weighted by Crippen LogP contribution is 2.49. The topological polar surface area (TPSA) is 30.7 Å². The Bertz CT molecular complexity index is 326. The first-order chi connectivity index (χ1) is 6.03. The summed E-state index contributed by atoms with van der Waals surface area (Å²) in [6.07, 6.45) is 1.19. The van der Waals surface area contributed by atoms with Crippen molar-refractivity contribution in [3.05, 3.63) is 11.6 Å². The van der Waals surface area contributed by atoms with Gasteiger partial charge in [0.1, 0.15) is 5.82 Å². The minimum atomic E-state index is -1.18. The molecule has 13 heavy (non-hydrogen) atoms. The Morgan fingerprint density at radius 2 is 2.08 bits per heavy atom. The van der Waals surface area contributed by atoms with Crippen molar-refractivity contribution in [2.24, 2.45) is 0 Å². The van der Waals surface area contributed by atoms with E-state index in [9.17, 15) is 4.39 Å². The number of hydrogen-bond donors (Lipinski definition) is 0. The predicted octanol–water partition coefficient (Wildman–Crippen LogP) is 2.13. The summed E-state index contributed by atoms with van der Waals surface area (Å²) in [7, 11) is 0. The SMILES string of the molecule is Cc1nc(C2(F)CC2)n(C(C)C)n1. The van der Waals surface area contributed by atoms with E-state index < -0.39 is 5.67 Å². The lowest BCUT2D eigenvalue weighted by Gasteiger charge is -2.10. The summed E-state index contributed by atoms with van der Waals surface area (Å²) in [4.78, 5) is 4.14. The van der Waals surface area contributed by atoms with Crippen LogP contribution in [0, 0.1) is 6.92 Å². The van der Waals surface area contributed by atoms with Gasteiger partial charge in [-0.15, -0.1) is 0 Å². The van der Waals surface area contributed by atoms with Crippen LogP contribution in [0.2, 0.25) is 0 Å². The van der Waals surface area contributed by atoms with Crippen LogP contribution in [0.25, 0.3) is 0 Å². The average Bonchev–Trinajstić information content (AvgIpc) is 2.62. The summed E-state index contributed by atoms with van der Waals surface area (Å²) in [6, 6.07) is 0.185. The molecule has 1 aromatic heterocycles. The Hall–Kier alpha value is -0.930. The van der Waals surface area contributed by atoms with Crippen LogP contribution < -0.4 is 0 Å². The molecule has 0 unspecified atom stereocenters. The molecule has 0 amide bonds. The Morgan fingerprint density at radius 3 is 2.54 bits per heavy atom. The van der Waals surface area contributed by atoms with Gasteiger partial charge in [0.25, 0.3) is 0 Å². The molecule has 0 bridgehead atoms. The lowest BCUT2D eigenvalue weighted by Crippen LogP contribution is -2.13. The van der Waals surface area contributed by atoms with Gasteiger partial charge in [-0.25, -0.2) is 14.1 Å². The molecule has 1 aromatic rings. The molecule has 2 rings (SSSR count). The molecule has 0 spiro atoms. The van der Waals surface area contributed by atoms with Crippen molar-refractivity contribution < 1.29 is 4.39 Å². The summed E-state index contributed by atoms with van der Waals surface area (Å²) < 4.78 is 15.4.